The maximum absolute atomic E-state index is 9.70. The molecule has 2 aromatic rings. The Morgan fingerprint density at radius 1 is 1.50 bits per heavy atom. The minimum atomic E-state index is -0.879. The normalized spacial score (nSPS) is 13.3. The summed E-state index contributed by atoms with van der Waals surface area (Å²) in [4.78, 5) is 3.83. The molecule has 0 radical (unpaired) electrons. The molecule has 1 unspecified atom stereocenters. The molecule has 0 spiro atoms. The molecular weight excluding hydrogens is 184 g/mol. The van der Waals surface area contributed by atoms with Crippen molar-refractivity contribution in [3.8, 4) is 5.75 Å². The second-order valence-corrected chi connectivity index (χ2v) is 2.95. The van der Waals surface area contributed by atoms with Crippen LogP contribution in [0.25, 0.3) is 11.1 Å². The molecule has 1 atom stereocenters. The lowest BCUT2D eigenvalue weighted by atomic mass is 10.1. The predicted octanol–water partition coefficient (Wildman–Crippen LogP) is 0.525. The van der Waals surface area contributed by atoms with E-state index >= 15 is 0 Å². The van der Waals surface area contributed by atoms with E-state index in [0.29, 0.717) is 16.7 Å². The highest BCUT2D eigenvalue weighted by molar-refractivity contribution is 5.80. The number of nitrogens with zero attached hydrogens (tertiary/aromatic N) is 1. The Balaban J connectivity index is 2.61. The third-order valence-electron chi connectivity index (χ3n) is 2.09. The molecule has 1 heterocycles. The van der Waals surface area contributed by atoms with Crippen molar-refractivity contribution in [2.45, 2.75) is 6.10 Å². The average molecular weight is 194 g/mol. The Kier molecular flexibility index (Phi) is 2.11. The number of oxazole rings is 1. The van der Waals surface area contributed by atoms with Crippen molar-refractivity contribution in [1.82, 2.24) is 4.98 Å². The van der Waals surface area contributed by atoms with Gasteiger partial charge >= 0.3 is 0 Å². The number of nitrogens with two attached hydrogens (primary N) is 1. The highest BCUT2D eigenvalue weighted by Gasteiger charge is 2.15. The van der Waals surface area contributed by atoms with Gasteiger partial charge in [0.2, 0.25) is 0 Å². The summed E-state index contributed by atoms with van der Waals surface area (Å²) in [5, 5.41) is 19.2. The first-order valence-corrected chi connectivity index (χ1v) is 4.17. The lowest BCUT2D eigenvalue weighted by Gasteiger charge is -2.09. The number of hydrogen-bond acceptors (Lipinski definition) is 5. The van der Waals surface area contributed by atoms with Gasteiger partial charge in [0.15, 0.2) is 23.2 Å². The standard InChI is InChI=1S/C9H10N2O3/c10-3-6(12)5-1-2-7-8(9(5)13)11-4-14-7/h1-2,4,6,12-13H,3,10H2. The Morgan fingerprint density at radius 2 is 2.29 bits per heavy atom. The van der Waals surface area contributed by atoms with E-state index < -0.39 is 6.10 Å². The maximum Gasteiger partial charge on any atom is 0.182 e. The molecule has 0 bridgehead atoms. The van der Waals surface area contributed by atoms with Crippen LogP contribution in [0.4, 0.5) is 0 Å². The largest absolute Gasteiger partial charge is 0.505 e. The minimum Gasteiger partial charge on any atom is -0.505 e. The van der Waals surface area contributed by atoms with E-state index in [0.717, 1.165) is 0 Å². The molecule has 0 amide bonds. The van der Waals surface area contributed by atoms with Gasteiger partial charge in [0.05, 0.1) is 6.10 Å². The first-order chi connectivity index (χ1) is 6.74. The van der Waals surface area contributed by atoms with E-state index in [1.54, 1.807) is 12.1 Å². The van der Waals surface area contributed by atoms with E-state index in [1.165, 1.54) is 6.39 Å². The summed E-state index contributed by atoms with van der Waals surface area (Å²) in [6.07, 6.45) is 0.360. The molecule has 0 aliphatic rings. The smallest absolute Gasteiger partial charge is 0.182 e. The Labute approximate surface area is 79.8 Å². The molecule has 1 aromatic carbocycles. The van der Waals surface area contributed by atoms with Gasteiger partial charge in [-0.1, -0.05) is 0 Å². The molecular formula is C9H10N2O3. The highest BCUT2D eigenvalue weighted by Crippen LogP contribution is 2.30. The molecule has 0 saturated carbocycles. The number of benzene rings is 1. The number of hydrogen-bond donors (Lipinski definition) is 3. The Hall–Kier alpha value is -1.59. The van der Waals surface area contributed by atoms with Crippen LogP contribution in [-0.2, 0) is 0 Å². The zero-order valence-corrected chi connectivity index (χ0v) is 7.34. The molecule has 74 valence electrons. The highest BCUT2D eigenvalue weighted by atomic mass is 16.3. The van der Waals surface area contributed by atoms with Crippen molar-refractivity contribution in [1.29, 1.82) is 0 Å². The first-order valence-electron chi connectivity index (χ1n) is 4.17. The Bertz CT molecular complexity index is 452. The molecule has 0 fully saturated rings. The molecule has 0 aliphatic heterocycles. The van der Waals surface area contributed by atoms with Gasteiger partial charge in [-0.2, -0.15) is 0 Å². The quantitative estimate of drug-likeness (QED) is 0.648. The van der Waals surface area contributed by atoms with Gasteiger partial charge in [0.25, 0.3) is 0 Å². The van der Waals surface area contributed by atoms with E-state index in [2.05, 4.69) is 4.98 Å². The second kappa shape index (κ2) is 3.28. The zero-order valence-electron chi connectivity index (χ0n) is 7.34. The van der Waals surface area contributed by atoms with Gasteiger partial charge in [-0.3, -0.25) is 0 Å². The van der Waals surface area contributed by atoms with Crippen molar-refractivity contribution in [2.24, 2.45) is 5.73 Å². The zero-order chi connectivity index (χ0) is 10.1. The second-order valence-electron chi connectivity index (χ2n) is 2.95. The third kappa shape index (κ3) is 1.23. The number of phenols is 1. The van der Waals surface area contributed by atoms with Crippen LogP contribution in [-0.4, -0.2) is 21.7 Å². The van der Waals surface area contributed by atoms with E-state index in [4.69, 9.17) is 10.2 Å². The fourth-order valence-electron chi connectivity index (χ4n) is 1.33. The lowest BCUT2D eigenvalue weighted by molar-refractivity contribution is 0.183. The molecule has 5 nitrogen and oxygen atoms in total. The summed E-state index contributed by atoms with van der Waals surface area (Å²) in [6, 6.07) is 3.20. The van der Waals surface area contributed by atoms with Crippen LogP contribution >= 0.6 is 0 Å². The Morgan fingerprint density at radius 3 is 3.00 bits per heavy atom. The maximum atomic E-state index is 9.70. The third-order valence-corrected chi connectivity index (χ3v) is 2.09. The molecule has 14 heavy (non-hydrogen) atoms. The van der Waals surface area contributed by atoms with Crippen LogP contribution in [0.3, 0.4) is 0 Å². The van der Waals surface area contributed by atoms with Gasteiger partial charge in [-0.05, 0) is 12.1 Å². The van der Waals surface area contributed by atoms with Crippen molar-refractivity contribution in [3.63, 3.8) is 0 Å². The van der Waals surface area contributed by atoms with Gasteiger partial charge in [0.1, 0.15) is 0 Å². The van der Waals surface area contributed by atoms with Crippen molar-refractivity contribution in [3.05, 3.63) is 24.1 Å². The number of aromatic nitrogens is 1. The van der Waals surface area contributed by atoms with Crippen LogP contribution in [0.1, 0.15) is 11.7 Å². The minimum absolute atomic E-state index is 0.0525. The lowest BCUT2D eigenvalue weighted by Crippen LogP contribution is -2.11. The number of aliphatic hydroxyl groups is 1. The first kappa shape index (κ1) is 8.98. The van der Waals surface area contributed by atoms with Gasteiger partial charge in [-0.15, -0.1) is 0 Å². The summed E-state index contributed by atoms with van der Waals surface area (Å²) in [7, 11) is 0. The number of fused-ring (bicyclic) bond motifs is 1. The SMILES string of the molecule is NCC(O)c1ccc2ocnc2c1O. The number of phenolic OH excluding ortho intramolecular Hbond substituents is 1. The molecule has 1 aromatic heterocycles. The van der Waals surface area contributed by atoms with E-state index in [1.807, 2.05) is 0 Å². The van der Waals surface area contributed by atoms with Crippen LogP contribution in [0.15, 0.2) is 22.9 Å². The summed E-state index contributed by atoms with van der Waals surface area (Å²) < 4.78 is 4.98. The summed E-state index contributed by atoms with van der Waals surface area (Å²) in [5.74, 6) is -0.0748. The topological polar surface area (TPSA) is 92.5 Å². The monoisotopic (exact) mass is 194 g/mol. The molecule has 5 heteroatoms. The molecule has 4 N–H and O–H groups in total. The molecule has 0 saturated heterocycles. The summed E-state index contributed by atoms with van der Waals surface area (Å²) in [6.45, 7) is 0.0525. The van der Waals surface area contributed by atoms with Gasteiger partial charge < -0.3 is 20.4 Å². The van der Waals surface area contributed by atoms with Crippen LogP contribution < -0.4 is 5.73 Å². The average Bonchev–Trinajstić information content (AvgIpc) is 2.66. The van der Waals surface area contributed by atoms with Crippen molar-refractivity contribution >= 4 is 11.1 Å². The number of aromatic hydroxyl groups is 1. The fourth-order valence-corrected chi connectivity index (χ4v) is 1.33. The van der Waals surface area contributed by atoms with E-state index in [-0.39, 0.29) is 12.3 Å². The van der Waals surface area contributed by atoms with Crippen LogP contribution in [0.2, 0.25) is 0 Å². The number of aliphatic hydroxyl groups excluding tert-OH is 1. The summed E-state index contributed by atoms with van der Waals surface area (Å²) >= 11 is 0. The van der Waals surface area contributed by atoms with Crippen LogP contribution in [0, 0.1) is 0 Å². The van der Waals surface area contributed by atoms with E-state index in [9.17, 15) is 10.2 Å². The van der Waals surface area contributed by atoms with Crippen molar-refractivity contribution in [2.75, 3.05) is 6.54 Å². The van der Waals surface area contributed by atoms with Crippen LogP contribution in [0.5, 0.6) is 5.75 Å². The summed E-state index contributed by atoms with van der Waals surface area (Å²) in [5.41, 5.74) is 6.48. The molecule has 0 aliphatic carbocycles. The predicted molar refractivity (Wildman–Crippen MR) is 49.7 cm³/mol. The fraction of sp³-hybridized carbons (Fsp3) is 0.222. The van der Waals surface area contributed by atoms with Crippen molar-refractivity contribution < 1.29 is 14.6 Å². The van der Waals surface area contributed by atoms with Gasteiger partial charge in [0, 0.05) is 12.1 Å². The number of rotatable bonds is 2. The van der Waals surface area contributed by atoms with Gasteiger partial charge in [-0.25, -0.2) is 4.98 Å². The molecule has 2 rings (SSSR count).